The zero-order chi connectivity index (χ0) is 23.4. The van der Waals surface area contributed by atoms with Crippen LogP contribution in [0.5, 0.6) is 0 Å². The number of aryl methyl sites for hydroxylation is 2. The summed E-state index contributed by atoms with van der Waals surface area (Å²) < 4.78 is 57.6. The van der Waals surface area contributed by atoms with Crippen LogP contribution in [0.15, 0.2) is 74.9 Å². The van der Waals surface area contributed by atoms with Gasteiger partial charge in [0.05, 0.1) is 9.79 Å². The molecule has 1 heterocycles. The van der Waals surface area contributed by atoms with Gasteiger partial charge in [0.25, 0.3) is 5.91 Å². The lowest BCUT2D eigenvalue weighted by atomic mass is 10.2. The molecule has 0 spiro atoms. The summed E-state index contributed by atoms with van der Waals surface area (Å²) in [5.41, 5.74) is 1.45. The predicted octanol–water partition coefficient (Wildman–Crippen LogP) is 2.58. The van der Waals surface area contributed by atoms with Crippen molar-refractivity contribution in [1.82, 2.24) is 10.0 Å². The molecule has 10 heteroatoms. The minimum atomic E-state index is -3.71. The smallest absolute Gasteiger partial charge is 0.287 e. The van der Waals surface area contributed by atoms with Crippen molar-refractivity contribution in [2.75, 3.05) is 13.1 Å². The molecule has 1 aromatic heterocycles. The highest BCUT2D eigenvalue weighted by molar-refractivity contribution is 7.90. The van der Waals surface area contributed by atoms with Gasteiger partial charge in [-0.1, -0.05) is 30.3 Å². The van der Waals surface area contributed by atoms with Crippen LogP contribution >= 0.6 is 0 Å². The maximum Gasteiger partial charge on any atom is 0.287 e. The van der Waals surface area contributed by atoms with E-state index in [1.54, 1.807) is 44.2 Å². The van der Waals surface area contributed by atoms with Crippen molar-refractivity contribution in [2.45, 2.75) is 29.4 Å². The zero-order valence-electron chi connectivity index (χ0n) is 17.7. The highest BCUT2D eigenvalue weighted by atomic mass is 32.2. The quantitative estimate of drug-likeness (QED) is 0.458. The fraction of sp³-hybridized carbons (Fsp3) is 0.227. The molecule has 1 amide bonds. The van der Waals surface area contributed by atoms with E-state index < -0.39 is 25.8 Å². The number of hydrogen-bond acceptors (Lipinski definition) is 6. The Kier molecular flexibility index (Phi) is 7.17. The fourth-order valence-corrected chi connectivity index (χ4v) is 5.63. The Morgan fingerprint density at radius 1 is 0.906 bits per heavy atom. The average Bonchev–Trinajstić information content (AvgIpc) is 3.21. The minimum Gasteiger partial charge on any atom is -0.455 e. The normalized spacial score (nSPS) is 11.9. The molecule has 0 atom stereocenters. The Labute approximate surface area is 187 Å². The molecule has 0 aliphatic rings. The van der Waals surface area contributed by atoms with E-state index in [0.717, 1.165) is 5.56 Å². The fourth-order valence-electron chi connectivity index (χ4n) is 3.00. The Hall–Kier alpha value is -2.95. The third-order valence-electron chi connectivity index (χ3n) is 4.66. The van der Waals surface area contributed by atoms with Crippen molar-refractivity contribution < 1.29 is 26.0 Å². The van der Waals surface area contributed by atoms with Crippen molar-refractivity contribution in [1.29, 1.82) is 0 Å². The molecule has 32 heavy (non-hydrogen) atoms. The van der Waals surface area contributed by atoms with E-state index in [0.29, 0.717) is 5.56 Å². The van der Waals surface area contributed by atoms with Gasteiger partial charge in [-0.3, -0.25) is 4.79 Å². The van der Waals surface area contributed by atoms with Crippen LogP contribution in [0.2, 0.25) is 0 Å². The van der Waals surface area contributed by atoms with Crippen molar-refractivity contribution >= 4 is 25.8 Å². The SMILES string of the molecule is Cc1ccc(C)c(S(=O)(=O)NCCNC(=O)c2ccc(CS(=O)(=O)c3ccccc3)o2)c1. The highest BCUT2D eigenvalue weighted by Gasteiger charge is 2.20. The number of amides is 1. The summed E-state index contributed by atoms with van der Waals surface area (Å²) in [6.45, 7) is 3.53. The second-order valence-corrected chi connectivity index (χ2v) is 11.0. The summed E-state index contributed by atoms with van der Waals surface area (Å²) in [5.74, 6) is -0.866. The summed E-state index contributed by atoms with van der Waals surface area (Å²) in [6, 6.07) is 15.9. The molecule has 0 aliphatic heterocycles. The molecule has 3 rings (SSSR count). The van der Waals surface area contributed by atoms with Crippen molar-refractivity contribution in [3.05, 3.63) is 83.3 Å². The predicted molar refractivity (Wildman–Crippen MR) is 119 cm³/mol. The molecule has 0 bridgehead atoms. The first-order valence-corrected chi connectivity index (χ1v) is 12.9. The molecular formula is C22H24N2O6S2. The number of benzene rings is 2. The van der Waals surface area contributed by atoms with Crippen LogP contribution in [0.3, 0.4) is 0 Å². The second kappa shape index (κ2) is 9.68. The summed E-state index contributed by atoms with van der Waals surface area (Å²) in [6.07, 6.45) is 0. The summed E-state index contributed by atoms with van der Waals surface area (Å²) in [4.78, 5) is 12.6. The van der Waals surface area contributed by atoms with Gasteiger partial charge in [-0.2, -0.15) is 0 Å². The molecule has 0 radical (unpaired) electrons. The Morgan fingerprint density at radius 3 is 2.34 bits per heavy atom. The number of rotatable bonds is 9. The van der Waals surface area contributed by atoms with E-state index in [1.165, 1.54) is 24.3 Å². The third kappa shape index (κ3) is 5.84. The molecule has 0 saturated heterocycles. The van der Waals surface area contributed by atoms with E-state index in [4.69, 9.17) is 4.42 Å². The van der Waals surface area contributed by atoms with Gasteiger partial charge in [0.1, 0.15) is 11.5 Å². The van der Waals surface area contributed by atoms with Gasteiger partial charge in [-0.25, -0.2) is 21.6 Å². The van der Waals surface area contributed by atoms with Gasteiger partial charge in [0.2, 0.25) is 10.0 Å². The second-order valence-electron chi connectivity index (χ2n) is 7.26. The Balaban J connectivity index is 1.54. The number of nitrogens with one attached hydrogen (secondary N) is 2. The van der Waals surface area contributed by atoms with Crippen LogP contribution in [0.1, 0.15) is 27.4 Å². The van der Waals surface area contributed by atoms with E-state index in [9.17, 15) is 21.6 Å². The number of carbonyl (C=O) groups is 1. The van der Waals surface area contributed by atoms with Crippen molar-refractivity contribution in [3.63, 3.8) is 0 Å². The largest absolute Gasteiger partial charge is 0.455 e. The zero-order valence-corrected chi connectivity index (χ0v) is 19.3. The monoisotopic (exact) mass is 476 g/mol. The molecule has 170 valence electrons. The lowest BCUT2D eigenvalue weighted by Crippen LogP contribution is -2.34. The van der Waals surface area contributed by atoms with E-state index in [1.807, 2.05) is 6.07 Å². The third-order valence-corrected chi connectivity index (χ3v) is 7.91. The van der Waals surface area contributed by atoms with Crippen molar-refractivity contribution in [2.24, 2.45) is 0 Å². The van der Waals surface area contributed by atoms with Gasteiger partial charge in [-0.05, 0) is 55.3 Å². The Morgan fingerprint density at radius 2 is 1.62 bits per heavy atom. The number of sulfone groups is 1. The van der Waals surface area contributed by atoms with Gasteiger partial charge >= 0.3 is 0 Å². The number of sulfonamides is 1. The average molecular weight is 477 g/mol. The topological polar surface area (TPSA) is 123 Å². The molecular weight excluding hydrogens is 452 g/mol. The van der Waals surface area contributed by atoms with Gasteiger partial charge in [0.15, 0.2) is 15.6 Å². The minimum absolute atomic E-state index is 0.0165. The summed E-state index contributed by atoms with van der Waals surface area (Å²) >= 11 is 0. The lowest BCUT2D eigenvalue weighted by Gasteiger charge is -2.10. The molecule has 3 aromatic rings. The number of furan rings is 1. The van der Waals surface area contributed by atoms with E-state index in [2.05, 4.69) is 10.0 Å². The molecule has 2 aromatic carbocycles. The van der Waals surface area contributed by atoms with Crippen molar-refractivity contribution in [3.8, 4) is 0 Å². The van der Waals surface area contributed by atoms with Crippen LogP contribution in [0, 0.1) is 13.8 Å². The molecule has 2 N–H and O–H groups in total. The van der Waals surface area contributed by atoms with Gasteiger partial charge in [-0.15, -0.1) is 0 Å². The first-order valence-electron chi connectivity index (χ1n) is 9.80. The first-order chi connectivity index (χ1) is 15.1. The summed E-state index contributed by atoms with van der Waals surface area (Å²) in [7, 11) is -7.31. The number of hydrogen-bond donors (Lipinski definition) is 2. The van der Waals surface area contributed by atoms with Crippen LogP contribution < -0.4 is 10.0 Å². The molecule has 0 fully saturated rings. The molecule has 8 nitrogen and oxygen atoms in total. The molecule has 0 unspecified atom stereocenters. The Bertz CT molecular complexity index is 1310. The van der Waals surface area contributed by atoms with E-state index >= 15 is 0 Å². The van der Waals surface area contributed by atoms with Crippen LogP contribution in [-0.4, -0.2) is 35.8 Å². The maximum atomic E-state index is 12.5. The van der Waals surface area contributed by atoms with Crippen LogP contribution in [0.25, 0.3) is 0 Å². The maximum absolute atomic E-state index is 12.5. The molecule has 0 saturated carbocycles. The van der Waals surface area contributed by atoms with E-state index in [-0.39, 0.29) is 40.2 Å². The van der Waals surface area contributed by atoms with Crippen LogP contribution in [0.4, 0.5) is 0 Å². The summed E-state index contributed by atoms with van der Waals surface area (Å²) in [5, 5.41) is 2.55. The standard InChI is InChI=1S/C22H24N2O6S2/c1-16-8-9-17(2)21(14-16)32(28,29)24-13-12-23-22(25)20-11-10-18(30-20)15-31(26,27)19-6-4-3-5-7-19/h3-11,14,24H,12-13,15H2,1-2H3,(H,23,25). The van der Waals surface area contributed by atoms with Crippen LogP contribution in [-0.2, 0) is 25.6 Å². The molecule has 0 aliphatic carbocycles. The van der Waals surface area contributed by atoms with Gasteiger partial charge < -0.3 is 9.73 Å². The first kappa shape index (κ1) is 23.7. The highest BCUT2D eigenvalue weighted by Crippen LogP contribution is 2.18. The lowest BCUT2D eigenvalue weighted by molar-refractivity contribution is 0.0925. The number of carbonyl (C=O) groups excluding carboxylic acids is 1. The van der Waals surface area contributed by atoms with Gasteiger partial charge in [0, 0.05) is 13.1 Å².